The van der Waals surface area contributed by atoms with Gasteiger partial charge in [0.15, 0.2) is 0 Å². The second-order valence-electron chi connectivity index (χ2n) is 1.27. The van der Waals surface area contributed by atoms with Gasteiger partial charge in [-0.25, -0.2) is 5.21 Å². The number of nitrogens with one attached hydrogen (secondary N) is 1. The van der Waals surface area contributed by atoms with Crippen molar-refractivity contribution >= 4 is 0 Å². The van der Waals surface area contributed by atoms with Crippen LogP contribution in [0.15, 0.2) is 0 Å². The van der Waals surface area contributed by atoms with Gasteiger partial charge >= 0.3 is 0 Å². The van der Waals surface area contributed by atoms with Crippen LogP contribution in [0.4, 0.5) is 0 Å². The first-order valence-electron chi connectivity index (χ1n) is 2.34. The highest BCUT2D eigenvalue weighted by Crippen LogP contribution is 1.36. The molecule has 0 saturated carbocycles. The molecule has 3 nitrogen and oxygen atoms in total. The van der Waals surface area contributed by atoms with Gasteiger partial charge in [0.25, 0.3) is 0 Å². The summed E-state index contributed by atoms with van der Waals surface area (Å²) in [6, 6.07) is 0. The summed E-state index contributed by atoms with van der Waals surface area (Å²) in [5, 5.41) is 9.18. The van der Waals surface area contributed by atoms with Gasteiger partial charge in [-0.15, -0.1) is 0 Å². The highest BCUT2D eigenvalue weighted by atomic mass is 16.5. The molecule has 0 heterocycles. The Balaban J connectivity index is 0. The molecular formula is C4H14NO2+. The highest BCUT2D eigenvalue weighted by molar-refractivity contribution is 3.98. The van der Waals surface area contributed by atoms with Crippen LogP contribution in [0.1, 0.15) is 13.8 Å². The average molecular weight is 108 g/mol. The minimum absolute atomic E-state index is 0. The van der Waals surface area contributed by atoms with Crippen molar-refractivity contribution in [2.75, 3.05) is 13.1 Å². The third kappa shape index (κ3) is 5.88. The lowest BCUT2D eigenvalue weighted by atomic mass is 10.6. The van der Waals surface area contributed by atoms with Crippen molar-refractivity contribution in [1.29, 1.82) is 0 Å². The fourth-order valence-corrected chi connectivity index (χ4v) is 0.250. The van der Waals surface area contributed by atoms with E-state index in [1.807, 2.05) is 13.8 Å². The Bertz CT molecular complexity index is 28.9. The Morgan fingerprint density at radius 3 is 1.57 bits per heavy atom. The number of quaternary nitrogens is 1. The van der Waals surface area contributed by atoms with Crippen LogP contribution < -0.4 is 5.06 Å². The van der Waals surface area contributed by atoms with Gasteiger partial charge in [-0.2, -0.15) is 5.06 Å². The van der Waals surface area contributed by atoms with Crippen LogP contribution >= 0.6 is 0 Å². The Kier molecular flexibility index (Phi) is 8.39. The Labute approximate surface area is 43.8 Å². The molecule has 0 atom stereocenters. The summed E-state index contributed by atoms with van der Waals surface area (Å²) < 4.78 is 0. The third-order valence-corrected chi connectivity index (χ3v) is 0.816. The summed E-state index contributed by atoms with van der Waals surface area (Å²) in [4.78, 5) is 0. The Morgan fingerprint density at radius 2 is 1.57 bits per heavy atom. The van der Waals surface area contributed by atoms with Crippen molar-refractivity contribution < 1.29 is 15.7 Å². The lowest BCUT2D eigenvalue weighted by Gasteiger charge is -2.00. The molecule has 3 heteroatoms. The molecule has 0 radical (unpaired) electrons. The summed E-state index contributed by atoms with van der Waals surface area (Å²) in [6.07, 6.45) is 0. The maximum Gasteiger partial charge on any atom is 0.104 e. The van der Waals surface area contributed by atoms with E-state index < -0.39 is 0 Å². The smallest absolute Gasteiger partial charge is 0.104 e. The molecule has 0 fully saturated rings. The maximum atomic E-state index is 8.58. The van der Waals surface area contributed by atoms with Crippen molar-refractivity contribution in [2.24, 2.45) is 0 Å². The van der Waals surface area contributed by atoms with Crippen LogP contribution in [-0.2, 0) is 0 Å². The van der Waals surface area contributed by atoms with E-state index in [1.165, 1.54) is 0 Å². The first-order valence-corrected chi connectivity index (χ1v) is 2.34. The number of rotatable bonds is 2. The summed E-state index contributed by atoms with van der Waals surface area (Å²) in [6.45, 7) is 5.49. The van der Waals surface area contributed by atoms with Crippen molar-refractivity contribution in [1.82, 2.24) is 0 Å². The van der Waals surface area contributed by atoms with Crippen molar-refractivity contribution in [3.8, 4) is 0 Å². The normalized spacial score (nSPS) is 8.57. The monoisotopic (exact) mass is 108 g/mol. The number of hydroxylamine groups is 2. The van der Waals surface area contributed by atoms with Gasteiger partial charge in [-0.1, -0.05) is 0 Å². The maximum absolute atomic E-state index is 8.58. The molecular weight excluding hydrogens is 94.0 g/mol. The third-order valence-electron chi connectivity index (χ3n) is 0.816. The molecule has 0 aliphatic rings. The van der Waals surface area contributed by atoms with Crippen molar-refractivity contribution in [2.45, 2.75) is 13.8 Å². The van der Waals surface area contributed by atoms with E-state index in [0.717, 1.165) is 13.1 Å². The predicted octanol–water partition coefficient (Wildman–Crippen LogP) is -1.52. The minimum Gasteiger partial charge on any atom is -0.412 e. The fourth-order valence-electron chi connectivity index (χ4n) is 0.250. The van der Waals surface area contributed by atoms with E-state index >= 15 is 0 Å². The molecule has 0 rings (SSSR count). The van der Waals surface area contributed by atoms with E-state index in [9.17, 15) is 0 Å². The van der Waals surface area contributed by atoms with Crippen LogP contribution in [-0.4, -0.2) is 23.8 Å². The Morgan fingerprint density at radius 1 is 1.29 bits per heavy atom. The van der Waals surface area contributed by atoms with Crippen LogP contribution in [0.5, 0.6) is 0 Å². The lowest BCUT2D eigenvalue weighted by molar-refractivity contribution is -1.08. The van der Waals surface area contributed by atoms with Gasteiger partial charge in [-0.05, 0) is 13.8 Å². The first-order chi connectivity index (χ1) is 2.81. The van der Waals surface area contributed by atoms with E-state index in [2.05, 4.69) is 0 Å². The van der Waals surface area contributed by atoms with Gasteiger partial charge in [0.2, 0.25) is 0 Å². The standard InChI is InChI=1S/C4H11NO.H2O/c1-3-5(6)4-2;/h6H,3-4H2,1-2H3;1H2/p+1. The van der Waals surface area contributed by atoms with Gasteiger partial charge in [-0.3, -0.25) is 0 Å². The zero-order valence-corrected chi connectivity index (χ0v) is 4.86. The molecule has 0 amide bonds. The van der Waals surface area contributed by atoms with Gasteiger partial charge in [0, 0.05) is 0 Å². The van der Waals surface area contributed by atoms with Crippen molar-refractivity contribution in [3.63, 3.8) is 0 Å². The first kappa shape index (κ1) is 9.99. The molecule has 0 unspecified atom stereocenters. The predicted molar refractivity (Wildman–Crippen MR) is 27.4 cm³/mol. The summed E-state index contributed by atoms with van der Waals surface area (Å²) in [5.41, 5.74) is 0. The fraction of sp³-hybridized carbons (Fsp3) is 1.00. The second kappa shape index (κ2) is 5.88. The molecule has 46 valence electrons. The van der Waals surface area contributed by atoms with Crippen LogP contribution in [0.3, 0.4) is 0 Å². The quantitative estimate of drug-likeness (QED) is 0.414. The summed E-state index contributed by atoms with van der Waals surface area (Å²) in [5.74, 6) is 0. The molecule has 0 aromatic rings. The molecule has 0 spiro atoms. The lowest BCUT2D eigenvalue weighted by Crippen LogP contribution is -3.08. The van der Waals surface area contributed by atoms with Gasteiger partial charge in [0.05, 0.1) is 0 Å². The molecule has 0 saturated heterocycles. The van der Waals surface area contributed by atoms with Crippen LogP contribution in [0.25, 0.3) is 0 Å². The molecule has 4 N–H and O–H groups in total. The molecule has 0 aromatic carbocycles. The average Bonchev–Trinajstić information content (AvgIpc) is 1.65. The zero-order valence-electron chi connectivity index (χ0n) is 4.86. The van der Waals surface area contributed by atoms with Crippen molar-refractivity contribution in [3.05, 3.63) is 0 Å². The van der Waals surface area contributed by atoms with Crippen LogP contribution in [0, 0.1) is 0 Å². The van der Waals surface area contributed by atoms with E-state index in [0.29, 0.717) is 5.06 Å². The minimum atomic E-state index is 0. The van der Waals surface area contributed by atoms with Gasteiger partial charge < -0.3 is 5.48 Å². The molecule has 0 bridgehead atoms. The highest BCUT2D eigenvalue weighted by Gasteiger charge is 1.88. The van der Waals surface area contributed by atoms with E-state index in [1.54, 1.807) is 0 Å². The molecule has 0 aromatic heterocycles. The van der Waals surface area contributed by atoms with E-state index in [-0.39, 0.29) is 5.48 Å². The van der Waals surface area contributed by atoms with Crippen LogP contribution in [0.2, 0.25) is 0 Å². The SMILES string of the molecule is CC[NH+](O)CC.O. The second-order valence-corrected chi connectivity index (χ2v) is 1.27. The Hall–Kier alpha value is -0.120. The summed E-state index contributed by atoms with van der Waals surface area (Å²) >= 11 is 0. The molecule has 0 aliphatic carbocycles. The zero-order chi connectivity index (χ0) is 4.99. The van der Waals surface area contributed by atoms with Gasteiger partial charge in [0.1, 0.15) is 13.1 Å². The summed E-state index contributed by atoms with van der Waals surface area (Å²) in [7, 11) is 0. The van der Waals surface area contributed by atoms with E-state index in [4.69, 9.17) is 5.21 Å². The topological polar surface area (TPSA) is 56.2 Å². The largest absolute Gasteiger partial charge is 0.412 e. The molecule has 0 aliphatic heterocycles. The number of hydrogen-bond donors (Lipinski definition) is 2. The number of hydrogen-bond acceptors (Lipinski definition) is 1. The molecule has 7 heavy (non-hydrogen) atoms.